The van der Waals surface area contributed by atoms with Gasteiger partial charge in [0.25, 0.3) is 0 Å². The highest BCUT2D eigenvalue weighted by Gasteiger charge is 2.52. The minimum atomic E-state index is -1.70. The van der Waals surface area contributed by atoms with Gasteiger partial charge in [-0.2, -0.15) is 21.0 Å². The van der Waals surface area contributed by atoms with E-state index < -0.39 is 11.2 Å². The fourth-order valence-electron chi connectivity index (χ4n) is 4.05. The summed E-state index contributed by atoms with van der Waals surface area (Å²) < 4.78 is 5.76. The first-order valence-electron chi connectivity index (χ1n) is 8.50. The van der Waals surface area contributed by atoms with Crippen molar-refractivity contribution in [3.05, 3.63) is 0 Å². The zero-order chi connectivity index (χ0) is 16.8. The van der Waals surface area contributed by atoms with Gasteiger partial charge in [-0.15, -0.1) is 0 Å². The molecule has 0 aromatic carbocycles. The van der Waals surface area contributed by atoms with E-state index in [1.54, 1.807) is 0 Å². The number of fused-ring (bicyclic) bond motifs is 1. The van der Waals surface area contributed by atoms with Gasteiger partial charge < -0.3 is 4.74 Å². The zero-order valence-electron chi connectivity index (χ0n) is 13.4. The van der Waals surface area contributed by atoms with Crippen molar-refractivity contribution < 1.29 is 4.74 Å². The summed E-state index contributed by atoms with van der Waals surface area (Å²) in [6.45, 7) is 0. The highest BCUT2D eigenvalue weighted by atomic mass is 16.5. The van der Waals surface area contributed by atoms with E-state index in [9.17, 15) is 21.0 Å². The van der Waals surface area contributed by atoms with Gasteiger partial charge in [0.1, 0.15) is 24.3 Å². The van der Waals surface area contributed by atoms with Gasteiger partial charge >= 0.3 is 0 Å². The highest BCUT2D eigenvalue weighted by molar-refractivity contribution is 5.27. The molecule has 0 radical (unpaired) electrons. The average Bonchev–Trinajstić information content (AvgIpc) is 3.05. The van der Waals surface area contributed by atoms with Crippen molar-refractivity contribution in [3.63, 3.8) is 0 Å². The van der Waals surface area contributed by atoms with E-state index in [0.717, 1.165) is 51.4 Å². The van der Waals surface area contributed by atoms with E-state index in [4.69, 9.17) is 4.74 Å². The van der Waals surface area contributed by atoms with Crippen molar-refractivity contribution in [1.82, 2.24) is 0 Å². The molecule has 0 N–H and O–H groups in total. The normalized spacial score (nSPS) is 30.1. The Bertz CT molecular complexity index is 558. The van der Waals surface area contributed by atoms with Gasteiger partial charge in [-0.25, -0.2) is 0 Å². The molecule has 0 aromatic rings. The molecule has 2 rings (SSSR count). The van der Waals surface area contributed by atoms with Gasteiger partial charge in [-0.3, -0.25) is 0 Å². The van der Waals surface area contributed by atoms with Gasteiger partial charge in [-0.1, -0.05) is 32.1 Å². The third-order valence-electron chi connectivity index (χ3n) is 5.31. The Morgan fingerprint density at radius 2 is 1.30 bits per heavy atom. The molecule has 5 nitrogen and oxygen atoms in total. The van der Waals surface area contributed by atoms with E-state index in [0.29, 0.717) is 6.42 Å². The smallest absolute Gasteiger partial charge is 0.246 e. The molecule has 1 heterocycles. The van der Waals surface area contributed by atoms with E-state index in [1.165, 1.54) is 0 Å². The molecule has 0 amide bonds. The van der Waals surface area contributed by atoms with Crippen molar-refractivity contribution >= 4 is 0 Å². The molecule has 0 spiro atoms. The van der Waals surface area contributed by atoms with Crippen molar-refractivity contribution in [1.29, 1.82) is 21.0 Å². The van der Waals surface area contributed by atoms with Crippen LogP contribution in [0.1, 0.15) is 64.2 Å². The van der Waals surface area contributed by atoms with Gasteiger partial charge in [0.2, 0.25) is 11.2 Å². The van der Waals surface area contributed by atoms with Crippen LogP contribution in [0.5, 0.6) is 0 Å². The van der Waals surface area contributed by atoms with Gasteiger partial charge in [0.05, 0.1) is 0 Å². The van der Waals surface area contributed by atoms with Crippen LogP contribution >= 0.6 is 0 Å². The van der Waals surface area contributed by atoms with Crippen LogP contribution in [0.25, 0.3) is 0 Å². The summed E-state index contributed by atoms with van der Waals surface area (Å²) in [5.41, 5.74) is -3.39. The number of nitrogens with zero attached hydrogens (tertiary/aromatic N) is 4. The second-order valence-corrected chi connectivity index (χ2v) is 6.72. The summed E-state index contributed by atoms with van der Waals surface area (Å²) in [5.74, 6) is 0.0572. The van der Waals surface area contributed by atoms with Crippen molar-refractivity contribution in [2.75, 3.05) is 0 Å². The predicted octanol–water partition coefficient (Wildman–Crippen LogP) is 3.74. The van der Waals surface area contributed by atoms with Crippen LogP contribution in [0.3, 0.4) is 0 Å². The fourth-order valence-corrected chi connectivity index (χ4v) is 4.05. The molecule has 1 aliphatic heterocycles. The third kappa shape index (κ3) is 3.47. The van der Waals surface area contributed by atoms with Crippen LogP contribution in [0.15, 0.2) is 0 Å². The lowest BCUT2D eigenvalue weighted by Gasteiger charge is -2.35. The third-order valence-corrected chi connectivity index (χ3v) is 5.31. The molecular weight excluding hydrogens is 288 g/mol. The predicted molar refractivity (Wildman–Crippen MR) is 82.1 cm³/mol. The Hall–Kier alpha value is -2.08. The molecule has 2 unspecified atom stereocenters. The first-order chi connectivity index (χ1) is 11.2. The summed E-state index contributed by atoms with van der Waals surface area (Å²) in [5, 5.41) is 38.4. The molecule has 120 valence electrons. The lowest BCUT2D eigenvalue weighted by molar-refractivity contribution is -0.0820. The van der Waals surface area contributed by atoms with Crippen LogP contribution in [-0.4, -0.2) is 11.2 Å². The molecule has 2 atom stereocenters. The Morgan fingerprint density at radius 3 is 1.96 bits per heavy atom. The summed E-state index contributed by atoms with van der Waals surface area (Å²) in [7, 11) is 0. The van der Waals surface area contributed by atoms with Crippen molar-refractivity contribution in [2.45, 2.75) is 75.4 Å². The maximum Gasteiger partial charge on any atom is 0.246 e. The average molecular weight is 310 g/mol. The quantitative estimate of drug-likeness (QED) is 0.677. The molecule has 0 bridgehead atoms. The maximum absolute atomic E-state index is 9.70. The van der Waals surface area contributed by atoms with Crippen LogP contribution in [0, 0.1) is 57.2 Å². The zero-order valence-corrected chi connectivity index (χ0v) is 13.4. The topological polar surface area (TPSA) is 104 Å². The second-order valence-electron chi connectivity index (χ2n) is 6.72. The number of rotatable bonds is 0. The second kappa shape index (κ2) is 7.46. The van der Waals surface area contributed by atoms with Gasteiger partial charge in [0, 0.05) is 12.3 Å². The summed E-state index contributed by atoms with van der Waals surface area (Å²) in [4.78, 5) is 0. The Kier molecular flexibility index (Phi) is 5.60. The maximum atomic E-state index is 9.70. The minimum absolute atomic E-state index is 0.210. The summed E-state index contributed by atoms with van der Waals surface area (Å²) in [6.07, 6.45) is 8.91. The SMILES string of the molecule is N#CC1(C#N)CCCCCCCC2CCCC2C(C#N)(C#N)O1. The lowest BCUT2D eigenvalue weighted by Crippen LogP contribution is -2.47. The number of hydrogen-bond acceptors (Lipinski definition) is 5. The summed E-state index contributed by atoms with van der Waals surface area (Å²) >= 11 is 0. The molecule has 5 heteroatoms. The Morgan fingerprint density at radius 1 is 0.696 bits per heavy atom. The molecule has 23 heavy (non-hydrogen) atoms. The fraction of sp³-hybridized carbons (Fsp3) is 0.778. The highest BCUT2D eigenvalue weighted by Crippen LogP contribution is 2.45. The molecule has 2 fully saturated rings. The monoisotopic (exact) mass is 310 g/mol. The number of ether oxygens (including phenoxy) is 1. The summed E-state index contributed by atoms with van der Waals surface area (Å²) in [6, 6.07) is 7.93. The standard InChI is InChI=1S/C18H22N4O/c19-11-17(12-20)10-5-3-1-2-4-7-15-8-6-9-16(15)18(13-21,14-22)23-17/h15-16H,1-10H2. The van der Waals surface area contributed by atoms with E-state index >= 15 is 0 Å². The van der Waals surface area contributed by atoms with Crippen LogP contribution in [0.2, 0.25) is 0 Å². The first kappa shape index (κ1) is 17.3. The molecule has 1 aliphatic carbocycles. The van der Waals surface area contributed by atoms with Crippen molar-refractivity contribution in [2.24, 2.45) is 11.8 Å². The molecular formula is C18H22N4O. The van der Waals surface area contributed by atoms with Gasteiger partial charge in [0.15, 0.2) is 0 Å². The van der Waals surface area contributed by atoms with Crippen LogP contribution < -0.4 is 0 Å². The van der Waals surface area contributed by atoms with Crippen LogP contribution in [-0.2, 0) is 4.74 Å². The van der Waals surface area contributed by atoms with E-state index in [1.807, 2.05) is 24.3 Å². The van der Waals surface area contributed by atoms with E-state index in [2.05, 4.69) is 0 Å². The van der Waals surface area contributed by atoms with Gasteiger partial charge in [-0.05, 0) is 31.6 Å². The number of hydrogen-bond donors (Lipinski definition) is 0. The first-order valence-corrected chi connectivity index (χ1v) is 8.50. The van der Waals surface area contributed by atoms with E-state index in [-0.39, 0.29) is 18.3 Å². The molecule has 2 aliphatic rings. The Balaban J connectivity index is 2.39. The molecule has 1 saturated heterocycles. The number of nitriles is 4. The largest absolute Gasteiger partial charge is 0.312 e. The molecule has 0 aromatic heterocycles. The van der Waals surface area contributed by atoms with Crippen molar-refractivity contribution in [3.8, 4) is 24.3 Å². The minimum Gasteiger partial charge on any atom is -0.312 e. The Labute approximate surface area is 138 Å². The lowest BCUT2D eigenvalue weighted by atomic mass is 9.78. The molecule has 1 saturated carbocycles. The van der Waals surface area contributed by atoms with Crippen LogP contribution in [0.4, 0.5) is 0 Å².